The summed E-state index contributed by atoms with van der Waals surface area (Å²) in [4.78, 5) is 0.307. The Morgan fingerprint density at radius 1 is 1.05 bits per heavy atom. The molecule has 0 N–H and O–H groups in total. The van der Waals surface area contributed by atoms with Crippen molar-refractivity contribution >= 4 is 41.7 Å². The molecule has 0 bridgehead atoms. The average molecular weight is 432 g/mol. The van der Waals surface area contributed by atoms with Crippen LogP contribution in [0.2, 0.25) is 0 Å². The lowest BCUT2D eigenvalue weighted by molar-refractivity contribution is 0.602. The zero-order chi connectivity index (χ0) is 15.8. The van der Waals surface area contributed by atoms with Crippen molar-refractivity contribution in [3.63, 3.8) is 0 Å². The predicted octanol–water partition coefficient (Wildman–Crippen LogP) is 4.95. The van der Waals surface area contributed by atoms with E-state index in [0.717, 1.165) is 26.7 Å². The lowest BCUT2D eigenvalue weighted by Crippen LogP contribution is -2.01. The highest BCUT2D eigenvalue weighted by molar-refractivity contribution is 9.10. The molecule has 1 unspecified atom stereocenters. The van der Waals surface area contributed by atoms with Crippen molar-refractivity contribution in [3.05, 3.63) is 63.1 Å². The van der Waals surface area contributed by atoms with E-state index in [1.165, 1.54) is 6.26 Å². The first kappa shape index (κ1) is 16.7. The summed E-state index contributed by atoms with van der Waals surface area (Å²) in [7, 11) is -3.19. The molecule has 0 aliphatic heterocycles. The SMILES string of the molecule is Cc1cc(C(Br)c2cccc(S(C)(=O)=O)c2)c(C)cc1Br. The van der Waals surface area contributed by atoms with E-state index in [1.54, 1.807) is 18.2 Å². The Morgan fingerprint density at radius 3 is 2.33 bits per heavy atom. The molecule has 2 aromatic carbocycles. The lowest BCUT2D eigenvalue weighted by atomic mass is 9.98. The summed E-state index contributed by atoms with van der Waals surface area (Å²) < 4.78 is 24.5. The third-order valence-corrected chi connectivity index (χ3v) is 6.39. The van der Waals surface area contributed by atoms with Gasteiger partial charge in [-0.2, -0.15) is 0 Å². The van der Waals surface area contributed by atoms with Gasteiger partial charge in [-0.25, -0.2) is 8.42 Å². The van der Waals surface area contributed by atoms with Gasteiger partial charge in [-0.3, -0.25) is 0 Å². The fraction of sp³-hybridized carbons (Fsp3) is 0.250. The molecule has 0 aromatic heterocycles. The summed E-state index contributed by atoms with van der Waals surface area (Å²) in [5.41, 5.74) is 4.38. The quantitative estimate of drug-likeness (QED) is 0.644. The van der Waals surface area contributed by atoms with Crippen molar-refractivity contribution in [2.75, 3.05) is 6.26 Å². The molecule has 0 radical (unpaired) electrons. The second kappa shape index (κ2) is 6.23. The van der Waals surface area contributed by atoms with E-state index in [9.17, 15) is 8.42 Å². The maximum Gasteiger partial charge on any atom is 0.175 e. The molecule has 2 rings (SSSR count). The molecule has 0 saturated carbocycles. The maximum absolute atomic E-state index is 11.7. The van der Waals surface area contributed by atoms with Crippen LogP contribution in [-0.4, -0.2) is 14.7 Å². The van der Waals surface area contributed by atoms with Crippen molar-refractivity contribution in [3.8, 4) is 0 Å². The topological polar surface area (TPSA) is 34.1 Å². The Morgan fingerprint density at radius 2 is 1.71 bits per heavy atom. The van der Waals surface area contributed by atoms with Crippen LogP contribution in [0.5, 0.6) is 0 Å². The first-order chi connectivity index (χ1) is 9.70. The fourth-order valence-electron chi connectivity index (χ4n) is 2.16. The van der Waals surface area contributed by atoms with Gasteiger partial charge in [0.15, 0.2) is 9.84 Å². The van der Waals surface area contributed by atoms with Gasteiger partial charge in [0.25, 0.3) is 0 Å². The minimum absolute atomic E-state index is 0.0361. The molecule has 0 amide bonds. The van der Waals surface area contributed by atoms with Crippen molar-refractivity contribution < 1.29 is 8.42 Å². The summed E-state index contributed by atoms with van der Waals surface area (Å²) in [6, 6.07) is 11.3. The molecule has 0 fully saturated rings. The van der Waals surface area contributed by atoms with Gasteiger partial charge in [-0.05, 0) is 54.3 Å². The van der Waals surface area contributed by atoms with Crippen LogP contribution in [0, 0.1) is 13.8 Å². The van der Waals surface area contributed by atoms with Crippen molar-refractivity contribution in [2.45, 2.75) is 23.6 Å². The van der Waals surface area contributed by atoms with Crippen LogP contribution in [0.4, 0.5) is 0 Å². The summed E-state index contributed by atoms with van der Waals surface area (Å²) in [6.45, 7) is 4.09. The van der Waals surface area contributed by atoms with Gasteiger partial charge < -0.3 is 0 Å². The van der Waals surface area contributed by atoms with Crippen LogP contribution in [0.1, 0.15) is 27.1 Å². The second-order valence-corrected chi connectivity index (χ2v) is 8.95. The second-order valence-electron chi connectivity index (χ2n) is 5.17. The van der Waals surface area contributed by atoms with Gasteiger partial charge in [0.05, 0.1) is 9.72 Å². The van der Waals surface area contributed by atoms with E-state index in [0.29, 0.717) is 4.90 Å². The largest absolute Gasteiger partial charge is 0.224 e. The molecule has 5 heteroatoms. The number of alkyl halides is 1. The minimum atomic E-state index is -3.19. The Bertz CT molecular complexity index is 783. The zero-order valence-corrected chi connectivity index (χ0v) is 16.0. The van der Waals surface area contributed by atoms with Gasteiger partial charge in [0.2, 0.25) is 0 Å². The van der Waals surface area contributed by atoms with Crippen LogP contribution >= 0.6 is 31.9 Å². The van der Waals surface area contributed by atoms with E-state index in [2.05, 4.69) is 44.0 Å². The Kier molecular flexibility index (Phi) is 4.96. The van der Waals surface area contributed by atoms with Crippen molar-refractivity contribution in [1.82, 2.24) is 0 Å². The highest BCUT2D eigenvalue weighted by Gasteiger charge is 2.16. The van der Waals surface area contributed by atoms with Gasteiger partial charge in [0.1, 0.15) is 0 Å². The highest BCUT2D eigenvalue weighted by atomic mass is 79.9. The van der Waals surface area contributed by atoms with E-state index in [1.807, 2.05) is 19.9 Å². The first-order valence-corrected chi connectivity index (χ1v) is 10.0. The molecular weight excluding hydrogens is 416 g/mol. The number of aryl methyl sites for hydroxylation is 2. The molecule has 112 valence electrons. The fourth-order valence-corrected chi connectivity index (χ4v) is 4.07. The number of sulfone groups is 1. The van der Waals surface area contributed by atoms with E-state index >= 15 is 0 Å². The highest BCUT2D eigenvalue weighted by Crippen LogP contribution is 2.35. The summed E-state index contributed by atoms with van der Waals surface area (Å²) in [6.07, 6.45) is 1.23. The van der Waals surface area contributed by atoms with Crippen LogP contribution in [0.25, 0.3) is 0 Å². The third kappa shape index (κ3) is 3.76. The standard InChI is InChI=1S/C16H16Br2O2S/c1-10-8-15(17)11(2)7-14(10)16(18)12-5-4-6-13(9-12)21(3,19)20/h4-9,16H,1-3H3. The number of benzene rings is 2. The molecule has 2 nitrogen and oxygen atoms in total. The van der Waals surface area contributed by atoms with Gasteiger partial charge >= 0.3 is 0 Å². The Labute approximate surface area is 142 Å². The molecule has 0 heterocycles. The average Bonchev–Trinajstić information content (AvgIpc) is 2.41. The number of halogens is 2. The molecule has 1 atom stereocenters. The van der Waals surface area contributed by atoms with E-state index in [4.69, 9.17) is 0 Å². The van der Waals surface area contributed by atoms with Crippen LogP contribution < -0.4 is 0 Å². The Hall–Kier alpha value is -0.650. The lowest BCUT2D eigenvalue weighted by Gasteiger charge is -2.16. The minimum Gasteiger partial charge on any atom is -0.224 e. The number of hydrogen-bond acceptors (Lipinski definition) is 2. The molecular formula is C16H16Br2O2S. The van der Waals surface area contributed by atoms with Gasteiger partial charge in [-0.1, -0.05) is 50.1 Å². The summed E-state index contributed by atoms with van der Waals surface area (Å²) >= 11 is 7.22. The van der Waals surface area contributed by atoms with Crippen LogP contribution in [0.15, 0.2) is 45.8 Å². The summed E-state index contributed by atoms with van der Waals surface area (Å²) in [5, 5.41) is 0. The molecule has 0 aliphatic rings. The predicted molar refractivity (Wildman–Crippen MR) is 93.9 cm³/mol. The molecule has 0 spiro atoms. The van der Waals surface area contributed by atoms with Crippen molar-refractivity contribution in [2.24, 2.45) is 0 Å². The molecule has 0 aliphatic carbocycles. The van der Waals surface area contributed by atoms with E-state index < -0.39 is 9.84 Å². The van der Waals surface area contributed by atoms with E-state index in [-0.39, 0.29) is 4.83 Å². The number of rotatable bonds is 3. The smallest absolute Gasteiger partial charge is 0.175 e. The molecule has 0 saturated heterocycles. The molecule has 2 aromatic rings. The number of hydrogen-bond donors (Lipinski definition) is 0. The normalized spacial score (nSPS) is 13.2. The third-order valence-electron chi connectivity index (χ3n) is 3.40. The maximum atomic E-state index is 11.7. The van der Waals surface area contributed by atoms with Gasteiger partial charge in [0, 0.05) is 10.7 Å². The van der Waals surface area contributed by atoms with Gasteiger partial charge in [-0.15, -0.1) is 0 Å². The Balaban J connectivity index is 2.50. The summed E-state index contributed by atoms with van der Waals surface area (Å²) in [5.74, 6) is 0. The monoisotopic (exact) mass is 430 g/mol. The van der Waals surface area contributed by atoms with Crippen LogP contribution in [0.3, 0.4) is 0 Å². The van der Waals surface area contributed by atoms with Crippen molar-refractivity contribution in [1.29, 1.82) is 0 Å². The first-order valence-electron chi connectivity index (χ1n) is 6.41. The molecule has 21 heavy (non-hydrogen) atoms. The van der Waals surface area contributed by atoms with Crippen LogP contribution in [-0.2, 0) is 9.84 Å². The zero-order valence-electron chi connectivity index (χ0n) is 12.0.